The fourth-order valence-corrected chi connectivity index (χ4v) is 4.39. The van der Waals surface area contributed by atoms with Crippen molar-refractivity contribution in [2.45, 2.75) is 44.9 Å². The molecule has 0 radical (unpaired) electrons. The van der Waals surface area contributed by atoms with Crippen LogP contribution in [0.5, 0.6) is 0 Å². The predicted octanol–water partition coefficient (Wildman–Crippen LogP) is 3.27. The lowest BCUT2D eigenvalue weighted by Crippen LogP contribution is -2.29. The normalized spacial score (nSPS) is 23.1. The second-order valence-electron chi connectivity index (χ2n) is 5.99. The van der Waals surface area contributed by atoms with E-state index in [2.05, 4.69) is 27.2 Å². The summed E-state index contributed by atoms with van der Waals surface area (Å²) in [6.07, 6.45) is 7.10. The molecule has 0 amide bonds. The Balaban J connectivity index is 1.40. The molecule has 0 aliphatic carbocycles. The van der Waals surface area contributed by atoms with E-state index in [1.54, 1.807) is 0 Å². The Labute approximate surface area is 129 Å². The quantitative estimate of drug-likeness (QED) is 0.946. The minimum Gasteiger partial charge on any atom is -0.373 e. The van der Waals surface area contributed by atoms with Gasteiger partial charge in [-0.3, -0.25) is 10.00 Å². The zero-order valence-corrected chi connectivity index (χ0v) is 13.0. The van der Waals surface area contributed by atoms with Crippen molar-refractivity contribution in [2.24, 2.45) is 0 Å². The molecule has 2 aromatic heterocycles. The number of aromatic nitrogens is 2. The van der Waals surface area contributed by atoms with E-state index in [-0.39, 0.29) is 0 Å². The lowest BCUT2D eigenvalue weighted by Gasteiger charge is -2.25. The number of hydrogen-bond donors (Lipinski definition) is 1. The van der Waals surface area contributed by atoms with Crippen molar-refractivity contribution in [1.29, 1.82) is 0 Å². The molecule has 2 aliphatic heterocycles. The largest absolute Gasteiger partial charge is 0.373 e. The molecule has 2 aliphatic rings. The number of rotatable bonds is 3. The number of thiophene rings is 1. The van der Waals surface area contributed by atoms with E-state index in [0.717, 1.165) is 32.7 Å². The molecule has 1 saturated heterocycles. The Morgan fingerprint density at radius 3 is 3.29 bits per heavy atom. The molecule has 0 saturated carbocycles. The van der Waals surface area contributed by atoms with Crippen LogP contribution in [-0.4, -0.2) is 28.2 Å². The minimum atomic E-state index is 0.347. The van der Waals surface area contributed by atoms with Crippen molar-refractivity contribution in [3.8, 4) is 0 Å². The highest BCUT2D eigenvalue weighted by Crippen LogP contribution is 2.33. The molecule has 1 N–H and O–H groups in total. The summed E-state index contributed by atoms with van der Waals surface area (Å²) in [5, 5.41) is 7.24. The van der Waals surface area contributed by atoms with E-state index in [1.807, 2.05) is 17.5 Å². The van der Waals surface area contributed by atoms with E-state index >= 15 is 0 Å². The summed E-state index contributed by atoms with van der Waals surface area (Å²) in [5.74, 6) is 0. The van der Waals surface area contributed by atoms with Crippen LogP contribution in [0, 0.1) is 0 Å². The molecule has 5 heteroatoms. The summed E-state index contributed by atoms with van der Waals surface area (Å²) >= 11 is 1.93. The number of nitrogens with zero attached hydrogens (tertiary/aromatic N) is 2. The standard InChI is InChI=1S/C16H21N3OS/c1-2-8-20-15(3-1)16-5-4-13(21-16)11-19-7-6-14-12(10-19)9-17-18-14/h4-5,9,15H,1-3,6-8,10-11H2,(H,17,18)/t15-/m0/s1. The summed E-state index contributed by atoms with van der Waals surface area (Å²) in [7, 11) is 0. The first-order chi connectivity index (χ1) is 10.4. The van der Waals surface area contributed by atoms with Gasteiger partial charge >= 0.3 is 0 Å². The van der Waals surface area contributed by atoms with Crippen LogP contribution in [-0.2, 0) is 24.2 Å². The second-order valence-corrected chi connectivity index (χ2v) is 7.19. The van der Waals surface area contributed by atoms with Gasteiger partial charge in [0.1, 0.15) is 0 Å². The van der Waals surface area contributed by atoms with Crippen molar-refractivity contribution in [3.63, 3.8) is 0 Å². The van der Waals surface area contributed by atoms with Crippen molar-refractivity contribution >= 4 is 11.3 Å². The van der Waals surface area contributed by atoms with E-state index in [0.29, 0.717) is 6.10 Å². The Morgan fingerprint density at radius 2 is 2.38 bits per heavy atom. The smallest absolute Gasteiger partial charge is 0.0916 e. The van der Waals surface area contributed by atoms with Gasteiger partial charge in [-0.2, -0.15) is 5.10 Å². The lowest BCUT2D eigenvalue weighted by atomic mass is 10.1. The van der Waals surface area contributed by atoms with E-state index in [1.165, 1.54) is 40.3 Å². The van der Waals surface area contributed by atoms with Crippen molar-refractivity contribution in [3.05, 3.63) is 39.3 Å². The van der Waals surface area contributed by atoms with E-state index < -0.39 is 0 Å². The van der Waals surface area contributed by atoms with Gasteiger partial charge in [-0.1, -0.05) is 0 Å². The van der Waals surface area contributed by atoms with E-state index in [9.17, 15) is 0 Å². The summed E-state index contributed by atoms with van der Waals surface area (Å²) in [4.78, 5) is 5.37. The highest BCUT2D eigenvalue weighted by Gasteiger charge is 2.20. The number of ether oxygens (including phenoxy) is 1. The van der Waals surface area contributed by atoms with Crippen LogP contribution in [0.3, 0.4) is 0 Å². The van der Waals surface area contributed by atoms with Gasteiger partial charge in [-0.15, -0.1) is 11.3 Å². The van der Waals surface area contributed by atoms with Crippen LogP contribution in [0.15, 0.2) is 18.3 Å². The third-order valence-corrected chi connectivity index (χ3v) is 5.60. The molecule has 0 bridgehead atoms. The number of H-pyrrole nitrogens is 1. The molecule has 112 valence electrons. The first-order valence-corrected chi connectivity index (χ1v) is 8.64. The summed E-state index contributed by atoms with van der Waals surface area (Å²) in [6, 6.07) is 4.55. The molecular weight excluding hydrogens is 282 g/mol. The van der Waals surface area contributed by atoms with Gasteiger partial charge in [-0.05, 0) is 31.4 Å². The average Bonchev–Trinajstić information content (AvgIpc) is 3.17. The zero-order valence-electron chi connectivity index (χ0n) is 12.2. The minimum absolute atomic E-state index is 0.347. The first-order valence-electron chi connectivity index (χ1n) is 7.82. The number of aromatic amines is 1. The number of hydrogen-bond acceptors (Lipinski definition) is 4. The van der Waals surface area contributed by atoms with Crippen LogP contribution in [0.4, 0.5) is 0 Å². The Hall–Kier alpha value is -1.17. The maximum absolute atomic E-state index is 5.89. The predicted molar refractivity (Wildman–Crippen MR) is 83.3 cm³/mol. The van der Waals surface area contributed by atoms with Gasteiger partial charge in [0.05, 0.1) is 12.3 Å². The fourth-order valence-electron chi connectivity index (χ4n) is 3.25. The topological polar surface area (TPSA) is 41.1 Å². The van der Waals surface area contributed by atoms with Gasteiger partial charge in [-0.25, -0.2) is 0 Å². The molecule has 0 unspecified atom stereocenters. The zero-order chi connectivity index (χ0) is 14.1. The molecule has 4 heterocycles. The van der Waals surface area contributed by atoms with Crippen LogP contribution in [0.25, 0.3) is 0 Å². The summed E-state index contributed by atoms with van der Waals surface area (Å²) in [6.45, 7) is 4.09. The Kier molecular flexibility index (Phi) is 3.80. The highest BCUT2D eigenvalue weighted by atomic mass is 32.1. The maximum Gasteiger partial charge on any atom is 0.0916 e. The average molecular weight is 303 g/mol. The summed E-state index contributed by atoms with van der Waals surface area (Å²) < 4.78 is 5.89. The third-order valence-electron chi connectivity index (χ3n) is 4.44. The van der Waals surface area contributed by atoms with Crippen molar-refractivity contribution in [1.82, 2.24) is 15.1 Å². The molecule has 4 rings (SSSR count). The fraction of sp³-hybridized carbons (Fsp3) is 0.562. The maximum atomic E-state index is 5.89. The molecule has 4 nitrogen and oxygen atoms in total. The molecular formula is C16H21N3OS. The van der Waals surface area contributed by atoms with Crippen LogP contribution < -0.4 is 0 Å². The van der Waals surface area contributed by atoms with Crippen molar-refractivity contribution in [2.75, 3.05) is 13.2 Å². The number of nitrogens with one attached hydrogen (secondary N) is 1. The van der Waals surface area contributed by atoms with Gasteiger partial charge in [0.25, 0.3) is 0 Å². The molecule has 0 aromatic carbocycles. The monoisotopic (exact) mass is 303 g/mol. The number of fused-ring (bicyclic) bond motifs is 1. The van der Waals surface area contributed by atoms with Crippen LogP contribution >= 0.6 is 11.3 Å². The molecule has 21 heavy (non-hydrogen) atoms. The van der Waals surface area contributed by atoms with Gasteiger partial charge in [0.15, 0.2) is 0 Å². The van der Waals surface area contributed by atoms with Gasteiger partial charge in [0.2, 0.25) is 0 Å². The molecule has 0 spiro atoms. The SMILES string of the molecule is c1cc([C@@H]2CCCCO2)sc1CN1CCc2[nH]ncc2C1. The summed E-state index contributed by atoms with van der Waals surface area (Å²) in [5.41, 5.74) is 2.67. The highest BCUT2D eigenvalue weighted by molar-refractivity contribution is 7.12. The van der Waals surface area contributed by atoms with Crippen molar-refractivity contribution < 1.29 is 4.74 Å². The van der Waals surface area contributed by atoms with Crippen LogP contribution in [0.2, 0.25) is 0 Å². The van der Waals surface area contributed by atoms with E-state index in [4.69, 9.17) is 4.74 Å². The van der Waals surface area contributed by atoms with Crippen LogP contribution in [0.1, 0.15) is 46.4 Å². The third kappa shape index (κ3) is 2.91. The Morgan fingerprint density at radius 1 is 1.38 bits per heavy atom. The Bertz CT molecular complexity index is 600. The lowest BCUT2D eigenvalue weighted by molar-refractivity contribution is 0.0172. The van der Waals surface area contributed by atoms with Gasteiger partial charge < -0.3 is 4.74 Å². The molecule has 1 atom stereocenters. The first kappa shape index (κ1) is 13.5. The van der Waals surface area contributed by atoms with Gasteiger partial charge in [0, 0.05) is 53.7 Å². The molecule has 1 fully saturated rings. The molecule has 2 aromatic rings. The second kappa shape index (κ2) is 5.91.